The van der Waals surface area contributed by atoms with Gasteiger partial charge in [-0.25, -0.2) is 0 Å². The average molecular weight is 401 g/mol. The number of hydrogen-bond donors (Lipinski definition) is 2. The fourth-order valence-corrected chi connectivity index (χ4v) is 3.96. The van der Waals surface area contributed by atoms with Gasteiger partial charge in [0.15, 0.2) is 0 Å². The Hall–Kier alpha value is -2.96. The molecule has 1 fully saturated rings. The number of benzene rings is 2. The van der Waals surface area contributed by atoms with Crippen LogP contribution in [0.25, 0.3) is 10.9 Å². The molecule has 1 saturated heterocycles. The first-order chi connectivity index (χ1) is 13.7. The molecule has 4 rings (SSSR count). The van der Waals surface area contributed by atoms with Gasteiger partial charge in [-0.3, -0.25) is 4.79 Å². The van der Waals surface area contributed by atoms with Gasteiger partial charge < -0.3 is 15.2 Å². The number of anilines is 1. The highest BCUT2D eigenvalue weighted by Gasteiger charge is 2.31. The smallest absolute Gasteiger partial charge is 0.369 e. The lowest BCUT2D eigenvalue weighted by atomic mass is 10.1. The Morgan fingerprint density at radius 1 is 1.14 bits per heavy atom. The third-order valence-corrected chi connectivity index (χ3v) is 5.42. The first-order valence-corrected chi connectivity index (χ1v) is 9.54. The number of aromatic nitrogens is 1. The van der Waals surface area contributed by atoms with Crippen molar-refractivity contribution in [2.24, 2.45) is 0 Å². The standard InChI is InChI=1S/C22H22F3N3O/c1-13-9-14(2)18-11-20(27-19(18)10-13)21(29)26-16-7-8-28(12-16)17-5-3-15(4-6-17)22(23,24)25/h3-6,9-11,16,27H,7-8,12H2,1-2H3,(H,26,29). The predicted molar refractivity (Wildman–Crippen MR) is 107 cm³/mol. The largest absolute Gasteiger partial charge is 0.416 e. The molecule has 2 aromatic carbocycles. The summed E-state index contributed by atoms with van der Waals surface area (Å²) in [5, 5.41) is 4.06. The number of halogens is 3. The van der Waals surface area contributed by atoms with Crippen LogP contribution in [0.1, 0.15) is 33.6 Å². The van der Waals surface area contributed by atoms with Crippen molar-refractivity contribution < 1.29 is 18.0 Å². The number of aryl methyl sites for hydroxylation is 2. The van der Waals surface area contributed by atoms with Gasteiger partial charge in [0.1, 0.15) is 5.69 Å². The van der Waals surface area contributed by atoms with E-state index < -0.39 is 11.7 Å². The van der Waals surface area contributed by atoms with Crippen molar-refractivity contribution in [1.29, 1.82) is 0 Å². The van der Waals surface area contributed by atoms with Crippen LogP contribution in [0.5, 0.6) is 0 Å². The minimum Gasteiger partial charge on any atom is -0.369 e. The Morgan fingerprint density at radius 2 is 1.86 bits per heavy atom. The van der Waals surface area contributed by atoms with Crippen molar-refractivity contribution in [3.8, 4) is 0 Å². The van der Waals surface area contributed by atoms with Crippen molar-refractivity contribution in [2.75, 3.05) is 18.0 Å². The van der Waals surface area contributed by atoms with E-state index in [1.54, 1.807) is 0 Å². The molecule has 29 heavy (non-hydrogen) atoms. The Morgan fingerprint density at radius 3 is 2.55 bits per heavy atom. The Labute approximate surface area is 166 Å². The van der Waals surface area contributed by atoms with Crippen LogP contribution in [0.4, 0.5) is 18.9 Å². The van der Waals surface area contributed by atoms with Gasteiger partial charge >= 0.3 is 6.18 Å². The van der Waals surface area contributed by atoms with Crippen molar-refractivity contribution in [3.05, 3.63) is 64.8 Å². The molecule has 4 nitrogen and oxygen atoms in total. The molecule has 1 aromatic heterocycles. The highest BCUT2D eigenvalue weighted by Crippen LogP contribution is 2.31. The fraction of sp³-hybridized carbons (Fsp3) is 0.318. The summed E-state index contributed by atoms with van der Waals surface area (Å²) in [5.74, 6) is -0.169. The van der Waals surface area contributed by atoms with Gasteiger partial charge in [0, 0.05) is 35.7 Å². The zero-order valence-corrected chi connectivity index (χ0v) is 16.2. The number of hydrogen-bond acceptors (Lipinski definition) is 2. The molecule has 1 aliphatic heterocycles. The van der Waals surface area contributed by atoms with Crippen LogP contribution in [0.3, 0.4) is 0 Å². The Kier molecular flexibility index (Phi) is 4.76. The van der Waals surface area contributed by atoms with Crippen molar-refractivity contribution in [1.82, 2.24) is 10.3 Å². The summed E-state index contributed by atoms with van der Waals surface area (Å²) in [5.41, 5.74) is 3.77. The van der Waals surface area contributed by atoms with E-state index in [1.165, 1.54) is 12.1 Å². The van der Waals surface area contributed by atoms with E-state index >= 15 is 0 Å². The summed E-state index contributed by atoms with van der Waals surface area (Å²) in [4.78, 5) is 17.9. The van der Waals surface area contributed by atoms with Crippen LogP contribution in [0.2, 0.25) is 0 Å². The maximum atomic E-state index is 12.7. The van der Waals surface area contributed by atoms with E-state index in [4.69, 9.17) is 0 Å². The van der Waals surface area contributed by atoms with Gasteiger partial charge in [-0.2, -0.15) is 13.2 Å². The number of fused-ring (bicyclic) bond motifs is 1. The van der Waals surface area contributed by atoms with E-state index in [0.717, 1.165) is 46.3 Å². The van der Waals surface area contributed by atoms with E-state index in [9.17, 15) is 18.0 Å². The third-order valence-electron chi connectivity index (χ3n) is 5.42. The molecule has 1 unspecified atom stereocenters. The summed E-state index contributed by atoms with van der Waals surface area (Å²) >= 11 is 0. The molecule has 0 radical (unpaired) electrons. The number of aromatic amines is 1. The van der Waals surface area contributed by atoms with Crippen LogP contribution in [0.15, 0.2) is 42.5 Å². The van der Waals surface area contributed by atoms with E-state index in [2.05, 4.69) is 16.4 Å². The normalized spacial score (nSPS) is 17.1. The van der Waals surface area contributed by atoms with Crippen LogP contribution in [-0.4, -0.2) is 30.0 Å². The van der Waals surface area contributed by atoms with Gasteiger partial charge in [0.25, 0.3) is 5.91 Å². The molecule has 1 aliphatic rings. The van der Waals surface area contributed by atoms with E-state index in [0.29, 0.717) is 18.8 Å². The second-order valence-corrected chi connectivity index (χ2v) is 7.68. The van der Waals surface area contributed by atoms with Gasteiger partial charge in [-0.05, 0) is 67.8 Å². The molecule has 0 spiro atoms. The van der Waals surface area contributed by atoms with Crippen LogP contribution >= 0.6 is 0 Å². The molecule has 0 saturated carbocycles. The number of H-pyrrole nitrogens is 1. The van der Waals surface area contributed by atoms with Crippen molar-refractivity contribution in [2.45, 2.75) is 32.5 Å². The number of carbonyl (C=O) groups excluding carboxylic acids is 1. The molecule has 0 aliphatic carbocycles. The Bertz CT molecular complexity index is 1050. The van der Waals surface area contributed by atoms with Gasteiger partial charge in [-0.15, -0.1) is 0 Å². The third kappa shape index (κ3) is 3.95. The monoisotopic (exact) mass is 401 g/mol. The summed E-state index contributed by atoms with van der Waals surface area (Å²) < 4.78 is 38.2. The molecule has 1 atom stereocenters. The summed E-state index contributed by atoms with van der Waals surface area (Å²) in [6.45, 7) is 5.28. The summed E-state index contributed by atoms with van der Waals surface area (Å²) in [7, 11) is 0. The lowest BCUT2D eigenvalue weighted by Crippen LogP contribution is -2.37. The number of amides is 1. The molecule has 2 heterocycles. The number of carbonyl (C=O) groups is 1. The van der Waals surface area contributed by atoms with Gasteiger partial charge in [0.2, 0.25) is 0 Å². The first kappa shape index (κ1) is 19.4. The quantitative estimate of drug-likeness (QED) is 0.662. The molecule has 152 valence electrons. The molecular formula is C22H22F3N3O. The summed E-state index contributed by atoms with van der Waals surface area (Å²) in [6.07, 6.45) is -3.60. The maximum Gasteiger partial charge on any atom is 0.416 e. The Balaban J connectivity index is 1.42. The van der Waals surface area contributed by atoms with E-state index in [-0.39, 0.29) is 11.9 Å². The second-order valence-electron chi connectivity index (χ2n) is 7.68. The maximum absolute atomic E-state index is 12.7. The number of nitrogens with zero attached hydrogens (tertiary/aromatic N) is 1. The lowest BCUT2D eigenvalue weighted by molar-refractivity contribution is -0.137. The number of alkyl halides is 3. The van der Waals surface area contributed by atoms with Gasteiger partial charge in [0.05, 0.1) is 5.56 Å². The molecule has 2 N–H and O–H groups in total. The molecule has 7 heteroatoms. The minimum absolute atomic E-state index is 0.0564. The SMILES string of the molecule is Cc1cc(C)c2cc(C(=O)NC3CCN(c4ccc(C(F)(F)F)cc4)C3)[nH]c2c1. The minimum atomic E-state index is -4.34. The molecule has 0 bridgehead atoms. The fourth-order valence-electron chi connectivity index (χ4n) is 3.96. The highest BCUT2D eigenvalue weighted by molar-refractivity contribution is 5.99. The zero-order chi connectivity index (χ0) is 20.8. The van der Waals surface area contributed by atoms with Crippen LogP contribution in [0, 0.1) is 13.8 Å². The average Bonchev–Trinajstić information content (AvgIpc) is 3.28. The van der Waals surface area contributed by atoms with Crippen molar-refractivity contribution >= 4 is 22.5 Å². The lowest BCUT2D eigenvalue weighted by Gasteiger charge is -2.19. The first-order valence-electron chi connectivity index (χ1n) is 9.54. The molecular weight excluding hydrogens is 379 g/mol. The number of nitrogens with one attached hydrogen (secondary N) is 2. The van der Waals surface area contributed by atoms with Crippen LogP contribution in [-0.2, 0) is 6.18 Å². The molecule has 1 amide bonds. The summed E-state index contributed by atoms with van der Waals surface area (Å²) in [6, 6.07) is 11.1. The van der Waals surface area contributed by atoms with Gasteiger partial charge in [-0.1, -0.05) is 6.07 Å². The number of rotatable bonds is 3. The highest BCUT2D eigenvalue weighted by atomic mass is 19.4. The van der Waals surface area contributed by atoms with Crippen molar-refractivity contribution in [3.63, 3.8) is 0 Å². The molecule has 3 aromatic rings. The predicted octanol–water partition coefficient (Wildman–Crippen LogP) is 4.81. The second kappa shape index (κ2) is 7.13. The topological polar surface area (TPSA) is 48.1 Å². The zero-order valence-electron chi connectivity index (χ0n) is 16.2. The van der Waals surface area contributed by atoms with E-state index in [1.807, 2.05) is 30.9 Å². The van der Waals surface area contributed by atoms with Crippen LogP contribution < -0.4 is 10.2 Å².